The first-order chi connectivity index (χ1) is 15.3. The molecule has 3 aliphatic rings. The van der Waals surface area contributed by atoms with Crippen LogP contribution in [0.15, 0.2) is 0 Å². The van der Waals surface area contributed by atoms with Crippen molar-refractivity contribution in [2.45, 2.75) is 123 Å². The van der Waals surface area contributed by atoms with Crippen LogP contribution in [0.4, 0.5) is 0 Å². The highest BCUT2D eigenvalue weighted by molar-refractivity contribution is 4.77. The minimum absolute atomic E-state index is 0.0261. The Hall–Kier alpha value is -0.160. The van der Waals surface area contributed by atoms with E-state index in [1.54, 1.807) is 0 Å². The highest BCUT2D eigenvalue weighted by atomic mass is 16.7. The topological polar surface area (TPSA) is 36.9 Å². The summed E-state index contributed by atoms with van der Waals surface area (Å²) >= 11 is 0. The maximum atomic E-state index is 6.18. The van der Waals surface area contributed by atoms with Gasteiger partial charge in [-0.3, -0.25) is 0 Å². The van der Waals surface area contributed by atoms with Crippen molar-refractivity contribution in [2.24, 2.45) is 23.7 Å². The normalized spacial score (nSPS) is 34.6. The van der Waals surface area contributed by atoms with Crippen molar-refractivity contribution in [1.29, 1.82) is 0 Å². The van der Waals surface area contributed by atoms with E-state index in [0.29, 0.717) is 17.8 Å². The van der Waals surface area contributed by atoms with Crippen LogP contribution in [0.1, 0.15) is 110 Å². The van der Waals surface area contributed by atoms with Crippen molar-refractivity contribution < 1.29 is 18.9 Å². The molecule has 0 aromatic carbocycles. The fraction of sp³-hybridized carbons (Fsp3) is 1.00. The fourth-order valence-corrected chi connectivity index (χ4v) is 5.58. The Morgan fingerprint density at radius 2 is 1.03 bits per heavy atom. The Labute approximate surface area is 192 Å². The van der Waals surface area contributed by atoms with E-state index in [0.717, 1.165) is 38.8 Å². The van der Waals surface area contributed by atoms with Crippen LogP contribution in [0.25, 0.3) is 0 Å². The molecule has 4 nitrogen and oxygen atoms in total. The number of hydrogen-bond donors (Lipinski definition) is 0. The van der Waals surface area contributed by atoms with E-state index < -0.39 is 0 Å². The summed E-state index contributed by atoms with van der Waals surface area (Å²) < 4.78 is 24.2. The average Bonchev–Trinajstić information content (AvgIpc) is 2.82. The Balaban J connectivity index is 1.18. The van der Waals surface area contributed by atoms with Gasteiger partial charge in [-0.1, -0.05) is 58.8 Å². The van der Waals surface area contributed by atoms with E-state index in [2.05, 4.69) is 13.8 Å². The van der Waals surface area contributed by atoms with Crippen molar-refractivity contribution in [3.05, 3.63) is 0 Å². The third-order valence-electron chi connectivity index (χ3n) is 7.79. The van der Waals surface area contributed by atoms with Crippen molar-refractivity contribution in [3.8, 4) is 0 Å². The molecule has 0 aromatic heterocycles. The molecular formula is C27H50O4. The molecular weight excluding hydrogens is 388 g/mol. The second-order valence-electron chi connectivity index (χ2n) is 10.6. The molecule has 3 rings (SSSR count). The summed E-state index contributed by atoms with van der Waals surface area (Å²) in [6, 6.07) is 0. The predicted molar refractivity (Wildman–Crippen MR) is 126 cm³/mol. The lowest BCUT2D eigenvalue weighted by molar-refractivity contribution is -0.230. The number of ether oxygens (including phenoxy) is 4. The molecule has 4 heteroatoms. The first-order valence-electron chi connectivity index (χ1n) is 13.7. The minimum atomic E-state index is 0.0261. The van der Waals surface area contributed by atoms with Crippen molar-refractivity contribution in [1.82, 2.24) is 0 Å². The molecule has 2 heterocycles. The van der Waals surface area contributed by atoms with Crippen molar-refractivity contribution >= 4 is 0 Å². The van der Waals surface area contributed by atoms with Gasteiger partial charge in [0.25, 0.3) is 0 Å². The van der Waals surface area contributed by atoms with E-state index in [1.165, 1.54) is 89.9 Å². The van der Waals surface area contributed by atoms with E-state index in [4.69, 9.17) is 18.9 Å². The van der Waals surface area contributed by atoms with Gasteiger partial charge in [-0.25, -0.2) is 0 Å². The zero-order valence-corrected chi connectivity index (χ0v) is 20.5. The SMILES string of the molecule is CCCCCC1CCC(C2OCC(CCCCC3OCC(CCCC)CO3)CO2)CC1. The van der Waals surface area contributed by atoms with Gasteiger partial charge >= 0.3 is 0 Å². The van der Waals surface area contributed by atoms with Gasteiger partial charge in [-0.15, -0.1) is 0 Å². The molecule has 1 saturated carbocycles. The van der Waals surface area contributed by atoms with Crippen LogP contribution < -0.4 is 0 Å². The summed E-state index contributed by atoms with van der Waals surface area (Å²) in [7, 11) is 0. The second-order valence-corrected chi connectivity index (χ2v) is 10.6. The molecule has 182 valence electrons. The van der Waals surface area contributed by atoms with Gasteiger partial charge in [0.2, 0.25) is 0 Å². The van der Waals surface area contributed by atoms with E-state index in [9.17, 15) is 0 Å². The van der Waals surface area contributed by atoms with Crippen molar-refractivity contribution in [2.75, 3.05) is 26.4 Å². The summed E-state index contributed by atoms with van der Waals surface area (Å²) in [5.74, 6) is 2.76. The molecule has 0 radical (unpaired) electrons. The molecule has 0 atom stereocenters. The van der Waals surface area contributed by atoms with Crippen LogP contribution in [0, 0.1) is 23.7 Å². The Bertz CT molecular complexity index is 433. The molecule has 2 saturated heterocycles. The molecule has 1 aliphatic carbocycles. The third-order valence-corrected chi connectivity index (χ3v) is 7.79. The van der Waals surface area contributed by atoms with E-state index >= 15 is 0 Å². The Kier molecular flexibility index (Phi) is 12.2. The molecule has 3 fully saturated rings. The minimum Gasteiger partial charge on any atom is -0.352 e. The molecule has 0 amide bonds. The highest BCUT2D eigenvalue weighted by Crippen LogP contribution is 2.36. The van der Waals surface area contributed by atoms with Crippen LogP contribution in [0.5, 0.6) is 0 Å². The van der Waals surface area contributed by atoms with Gasteiger partial charge in [-0.2, -0.15) is 0 Å². The predicted octanol–water partition coefficient (Wildman–Crippen LogP) is 7.10. The molecule has 0 bridgehead atoms. The lowest BCUT2D eigenvalue weighted by Gasteiger charge is -2.37. The monoisotopic (exact) mass is 438 g/mol. The highest BCUT2D eigenvalue weighted by Gasteiger charge is 2.32. The summed E-state index contributed by atoms with van der Waals surface area (Å²) in [6.45, 7) is 8.09. The lowest BCUT2D eigenvalue weighted by Crippen LogP contribution is -2.38. The van der Waals surface area contributed by atoms with Gasteiger partial charge in [-0.05, 0) is 57.3 Å². The van der Waals surface area contributed by atoms with Gasteiger partial charge in [0.05, 0.1) is 26.4 Å². The first kappa shape index (κ1) is 25.5. The molecule has 31 heavy (non-hydrogen) atoms. The van der Waals surface area contributed by atoms with E-state index in [1.807, 2.05) is 0 Å². The second kappa shape index (κ2) is 14.9. The Morgan fingerprint density at radius 1 is 0.516 bits per heavy atom. The Morgan fingerprint density at radius 3 is 1.68 bits per heavy atom. The first-order valence-corrected chi connectivity index (χ1v) is 13.7. The van der Waals surface area contributed by atoms with Gasteiger partial charge in [0, 0.05) is 17.8 Å². The largest absolute Gasteiger partial charge is 0.352 e. The quantitative estimate of drug-likeness (QED) is 0.287. The van der Waals surface area contributed by atoms with Gasteiger partial charge in [0.1, 0.15) is 0 Å². The van der Waals surface area contributed by atoms with Crippen LogP contribution in [0.2, 0.25) is 0 Å². The van der Waals surface area contributed by atoms with Crippen LogP contribution >= 0.6 is 0 Å². The number of hydrogen-bond acceptors (Lipinski definition) is 4. The number of unbranched alkanes of at least 4 members (excludes halogenated alkanes) is 4. The van der Waals surface area contributed by atoms with Crippen LogP contribution in [-0.4, -0.2) is 39.0 Å². The standard InChI is InChI=1S/C27H50O4/c1-3-5-7-11-22-14-16-25(17-15-22)27-30-20-24(21-31-27)12-8-9-13-26-28-18-23(19-29-26)10-6-4-2/h22-27H,3-21H2,1-2H3. The zero-order valence-electron chi connectivity index (χ0n) is 20.5. The fourth-order valence-electron chi connectivity index (χ4n) is 5.58. The molecule has 0 unspecified atom stereocenters. The molecule has 2 aliphatic heterocycles. The maximum Gasteiger partial charge on any atom is 0.160 e. The van der Waals surface area contributed by atoms with Crippen LogP contribution in [0.3, 0.4) is 0 Å². The van der Waals surface area contributed by atoms with Gasteiger partial charge in [0.15, 0.2) is 12.6 Å². The zero-order chi connectivity index (χ0) is 21.7. The molecule has 0 N–H and O–H groups in total. The summed E-state index contributed by atoms with van der Waals surface area (Å²) in [5, 5.41) is 0. The number of rotatable bonds is 13. The van der Waals surface area contributed by atoms with Crippen LogP contribution in [-0.2, 0) is 18.9 Å². The third kappa shape index (κ3) is 9.31. The van der Waals surface area contributed by atoms with Gasteiger partial charge < -0.3 is 18.9 Å². The molecule has 0 spiro atoms. The lowest BCUT2D eigenvalue weighted by atomic mass is 9.79. The summed E-state index contributed by atoms with van der Waals surface area (Å²) in [4.78, 5) is 0. The molecule has 0 aromatic rings. The average molecular weight is 439 g/mol. The van der Waals surface area contributed by atoms with Crippen molar-refractivity contribution in [3.63, 3.8) is 0 Å². The summed E-state index contributed by atoms with van der Waals surface area (Å²) in [5.41, 5.74) is 0. The maximum absolute atomic E-state index is 6.18. The van der Waals surface area contributed by atoms with E-state index in [-0.39, 0.29) is 12.6 Å². The summed E-state index contributed by atoms with van der Waals surface area (Å²) in [6.07, 6.45) is 19.4. The smallest absolute Gasteiger partial charge is 0.160 e.